The second-order valence-corrected chi connectivity index (χ2v) is 4.72. The van der Waals surface area contributed by atoms with Crippen molar-refractivity contribution >= 4 is 0 Å². The van der Waals surface area contributed by atoms with Gasteiger partial charge in [0.2, 0.25) is 0 Å². The summed E-state index contributed by atoms with van der Waals surface area (Å²) in [4.78, 5) is 0. The van der Waals surface area contributed by atoms with E-state index in [4.69, 9.17) is 0 Å². The molecular weight excluding hydrogens is 270 g/mol. The van der Waals surface area contributed by atoms with Crippen LogP contribution in [0.1, 0.15) is 11.1 Å². The van der Waals surface area contributed by atoms with Gasteiger partial charge in [0.15, 0.2) is 11.6 Å². The Morgan fingerprint density at radius 2 is 1.50 bits per heavy atom. The van der Waals surface area contributed by atoms with Gasteiger partial charge >= 0.3 is 0 Å². The lowest BCUT2D eigenvalue weighted by Gasteiger charge is -2.21. The fourth-order valence-electron chi connectivity index (χ4n) is 2.54. The highest BCUT2D eigenvalue weighted by Crippen LogP contribution is 2.32. The molecule has 0 saturated carbocycles. The molecule has 1 aliphatic rings. The summed E-state index contributed by atoms with van der Waals surface area (Å²) in [6, 6.07) is 3.96. The summed E-state index contributed by atoms with van der Waals surface area (Å²) < 4.78 is 53.9. The van der Waals surface area contributed by atoms with E-state index in [-0.39, 0.29) is 11.4 Å². The van der Waals surface area contributed by atoms with E-state index in [9.17, 15) is 17.6 Å². The molecule has 0 radical (unpaired) electrons. The molecule has 2 aromatic carbocycles. The van der Waals surface area contributed by atoms with Gasteiger partial charge in [-0.25, -0.2) is 17.6 Å². The number of nitrogens with one attached hydrogen (secondary N) is 1. The standard InChI is InChI=1S/C15H11F4N/c16-12-2-1-8(11-7-20-4-3-9(11)12)10-5-14(18)15(19)6-13(10)17/h1-2,5-6,20H,3-4,7H2. The summed E-state index contributed by atoms with van der Waals surface area (Å²) in [5.41, 5.74) is 1.44. The minimum atomic E-state index is -1.24. The van der Waals surface area contributed by atoms with Crippen LogP contribution in [-0.2, 0) is 13.0 Å². The lowest BCUT2D eigenvalue weighted by Crippen LogP contribution is -2.25. The van der Waals surface area contributed by atoms with Gasteiger partial charge in [0.1, 0.15) is 11.6 Å². The molecule has 0 fully saturated rings. The maximum Gasteiger partial charge on any atom is 0.161 e. The Morgan fingerprint density at radius 3 is 2.30 bits per heavy atom. The molecule has 20 heavy (non-hydrogen) atoms. The van der Waals surface area contributed by atoms with E-state index in [2.05, 4.69) is 5.32 Å². The maximum atomic E-state index is 13.9. The Bertz CT molecular complexity index is 682. The zero-order valence-corrected chi connectivity index (χ0v) is 10.4. The van der Waals surface area contributed by atoms with E-state index >= 15 is 0 Å². The third kappa shape index (κ3) is 2.08. The first-order valence-electron chi connectivity index (χ1n) is 6.24. The van der Waals surface area contributed by atoms with E-state index in [1.807, 2.05) is 0 Å². The average Bonchev–Trinajstić information content (AvgIpc) is 2.44. The lowest BCUT2D eigenvalue weighted by atomic mass is 9.91. The summed E-state index contributed by atoms with van der Waals surface area (Å²) in [6.45, 7) is 1.01. The summed E-state index contributed by atoms with van der Waals surface area (Å²) in [6.07, 6.45) is 0.486. The van der Waals surface area contributed by atoms with Crippen LogP contribution in [0.15, 0.2) is 24.3 Å². The van der Waals surface area contributed by atoms with E-state index in [0.717, 1.165) is 6.07 Å². The van der Waals surface area contributed by atoms with Crippen LogP contribution in [0.25, 0.3) is 11.1 Å². The van der Waals surface area contributed by atoms with Crippen molar-refractivity contribution in [3.63, 3.8) is 0 Å². The van der Waals surface area contributed by atoms with Crippen LogP contribution in [0, 0.1) is 23.3 Å². The van der Waals surface area contributed by atoms with Gasteiger partial charge in [0.05, 0.1) is 0 Å². The van der Waals surface area contributed by atoms with Crippen molar-refractivity contribution in [1.29, 1.82) is 0 Å². The van der Waals surface area contributed by atoms with E-state index in [1.165, 1.54) is 12.1 Å². The first-order chi connectivity index (χ1) is 9.58. The van der Waals surface area contributed by atoms with Crippen molar-refractivity contribution in [2.24, 2.45) is 0 Å². The van der Waals surface area contributed by atoms with E-state index in [0.29, 0.717) is 42.3 Å². The second kappa shape index (κ2) is 4.90. The smallest absolute Gasteiger partial charge is 0.161 e. The molecule has 0 bridgehead atoms. The Hall–Kier alpha value is -1.88. The van der Waals surface area contributed by atoms with Gasteiger partial charge in [-0.1, -0.05) is 6.07 Å². The molecule has 0 atom stereocenters. The molecule has 0 amide bonds. The summed E-state index contributed by atoms with van der Waals surface area (Å²) >= 11 is 0. The SMILES string of the molecule is Fc1cc(F)c(-c2ccc(F)c3c2CNCC3)cc1F. The van der Waals surface area contributed by atoms with Crippen LogP contribution in [0.5, 0.6) is 0 Å². The Kier molecular flexibility index (Phi) is 3.22. The number of rotatable bonds is 1. The molecule has 1 aliphatic heterocycles. The van der Waals surface area contributed by atoms with E-state index in [1.54, 1.807) is 0 Å². The predicted octanol–water partition coefficient (Wildman–Crippen LogP) is 3.56. The van der Waals surface area contributed by atoms with Crippen LogP contribution in [0.2, 0.25) is 0 Å². The van der Waals surface area contributed by atoms with Crippen LogP contribution < -0.4 is 5.32 Å². The molecule has 5 heteroatoms. The summed E-state index contributed by atoms with van der Waals surface area (Å²) in [5, 5.41) is 3.07. The molecule has 1 heterocycles. The highest BCUT2D eigenvalue weighted by molar-refractivity contribution is 5.70. The van der Waals surface area contributed by atoms with Crippen molar-refractivity contribution in [3.8, 4) is 11.1 Å². The number of hydrogen-bond donors (Lipinski definition) is 1. The second-order valence-electron chi connectivity index (χ2n) is 4.72. The Morgan fingerprint density at radius 1 is 0.750 bits per heavy atom. The van der Waals surface area contributed by atoms with Gasteiger partial charge in [0, 0.05) is 18.2 Å². The van der Waals surface area contributed by atoms with Gasteiger partial charge in [-0.3, -0.25) is 0 Å². The number of benzene rings is 2. The fourth-order valence-corrected chi connectivity index (χ4v) is 2.54. The lowest BCUT2D eigenvalue weighted by molar-refractivity contribution is 0.496. The molecule has 0 spiro atoms. The molecule has 1 nitrogen and oxygen atoms in total. The minimum absolute atomic E-state index is 0.0520. The van der Waals surface area contributed by atoms with Crippen molar-refractivity contribution in [2.75, 3.05) is 6.54 Å². The van der Waals surface area contributed by atoms with Crippen molar-refractivity contribution < 1.29 is 17.6 Å². The molecule has 0 unspecified atom stereocenters. The highest BCUT2D eigenvalue weighted by atomic mass is 19.2. The fraction of sp³-hybridized carbons (Fsp3) is 0.200. The van der Waals surface area contributed by atoms with Gasteiger partial charge in [-0.15, -0.1) is 0 Å². The van der Waals surface area contributed by atoms with Gasteiger partial charge in [0.25, 0.3) is 0 Å². The predicted molar refractivity (Wildman–Crippen MR) is 67.1 cm³/mol. The number of halogens is 4. The van der Waals surface area contributed by atoms with Crippen LogP contribution in [0.4, 0.5) is 17.6 Å². The van der Waals surface area contributed by atoms with Crippen molar-refractivity contribution in [3.05, 3.63) is 58.7 Å². The van der Waals surface area contributed by atoms with E-state index < -0.39 is 17.5 Å². The molecule has 0 saturated heterocycles. The summed E-state index contributed by atoms with van der Waals surface area (Å²) in [7, 11) is 0. The Balaban J connectivity index is 2.23. The normalized spacial score (nSPS) is 14.2. The summed E-state index contributed by atoms with van der Waals surface area (Å²) in [5.74, 6) is -3.57. The van der Waals surface area contributed by atoms with Gasteiger partial charge < -0.3 is 5.32 Å². The van der Waals surface area contributed by atoms with Crippen LogP contribution in [0.3, 0.4) is 0 Å². The average molecular weight is 281 g/mol. The molecular formula is C15H11F4N. The van der Waals surface area contributed by atoms with Crippen LogP contribution in [-0.4, -0.2) is 6.54 Å². The zero-order chi connectivity index (χ0) is 14.3. The minimum Gasteiger partial charge on any atom is -0.312 e. The quantitative estimate of drug-likeness (QED) is 0.622. The Labute approximate surface area is 113 Å². The molecule has 0 aromatic heterocycles. The maximum absolute atomic E-state index is 13.9. The first kappa shape index (κ1) is 13.1. The monoisotopic (exact) mass is 281 g/mol. The van der Waals surface area contributed by atoms with Gasteiger partial charge in [-0.2, -0.15) is 0 Å². The topological polar surface area (TPSA) is 12.0 Å². The number of hydrogen-bond acceptors (Lipinski definition) is 1. The third-order valence-corrected chi connectivity index (χ3v) is 3.53. The highest BCUT2D eigenvalue weighted by Gasteiger charge is 2.20. The number of fused-ring (bicyclic) bond motifs is 1. The van der Waals surface area contributed by atoms with Crippen molar-refractivity contribution in [1.82, 2.24) is 5.32 Å². The molecule has 3 rings (SSSR count). The largest absolute Gasteiger partial charge is 0.312 e. The molecule has 1 N–H and O–H groups in total. The molecule has 2 aromatic rings. The van der Waals surface area contributed by atoms with Crippen LogP contribution >= 0.6 is 0 Å². The molecule has 104 valence electrons. The molecule has 0 aliphatic carbocycles. The van der Waals surface area contributed by atoms with Crippen molar-refractivity contribution in [2.45, 2.75) is 13.0 Å². The first-order valence-corrected chi connectivity index (χ1v) is 6.24. The zero-order valence-electron chi connectivity index (χ0n) is 10.4. The third-order valence-electron chi connectivity index (χ3n) is 3.53. The van der Waals surface area contributed by atoms with Gasteiger partial charge in [-0.05, 0) is 41.8 Å².